The molecule has 0 heterocycles. The highest BCUT2D eigenvalue weighted by molar-refractivity contribution is 6.12. The molecule has 1 amide bonds. The normalized spacial score (nSPS) is 11.3. The molecule has 1 atom stereocenters. The fourth-order valence-electron chi connectivity index (χ4n) is 6.61. The van der Waals surface area contributed by atoms with Gasteiger partial charge in [0.2, 0.25) is 0 Å². The summed E-state index contributed by atoms with van der Waals surface area (Å²) >= 11 is 0. The first kappa shape index (κ1) is 46.6. The van der Waals surface area contributed by atoms with Gasteiger partial charge in [0.1, 0.15) is 24.7 Å². The number of carbonyl (C=O) groups excluding carboxylic acids is 4. The fraction of sp³-hybridized carbons (Fsp3) is 0.265. The van der Waals surface area contributed by atoms with Crippen LogP contribution in [0.25, 0.3) is 0 Å². The molecule has 63 heavy (non-hydrogen) atoms. The molecule has 5 aromatic carbocycles. The summed E-state index contributed by atoms with van der Waals surface area (Å²) in [6, 6.07) is 30.9. The quantitative estimate of drug-likeness (QED) is 0.0380. The molecule has 0 saturated heterocycles. The molecule has 4 N–H and O–H groups in total. The predicted molar refractivity (Wildman–Crippen MR) is 239 cm³/mol. The molecule has 0 aliphatic heterocycles. The Balaban J connectivity index is 1.19. The third-order valence-electron chi connectivity index (χ3n) is 10.4. The van der Waals surface area contributed by atoms with Crippen LogP contribution in [0.2, 0.25) is 0 Å². The van der Waals surface area contributed by atoms with Crippen LogP contribution in [0, 0.1) is 5.92 Å². The van der Waals surface area contributed by atoms with E-state index in [1.165, 1.54) is 36.4 Å². The number of ketones is 1. The van der Waals surface area contributed by atoms with Crippen molar-refractivity contribution in [2.75, 3.05) is 41.8 Å². The number of rotatable bonds is 22. The van der Waals surface area contributed by atoms with Gasteiger partial charge in [0.25, 0.3) is 5.91 Å². The summed E-state index contributed by atoms with van der Waals surface area (Å²) in [4.78, 5) is 78.7. The Morgan fingerprint density at radius 3 is 1.57 bits per heavy atom. The van der Waals surface area contributed by atoms with Gasteiger partial charge in [-0.1, -0.05) is 39.0 Å². The number of nitrogens with one attached hydrogen (secondary N) is 2. The van der Waals surface area contributed by atoms with Crippen molar-refractivity contribution in [3.63, 3.8) is 0 Å². The van der Waals surface area contributed by atoms with Crippen molar-refractivity contribution in [2.24, 2.45) is 5.92 Å². The number of hydrogen-bond donors (Lipinski definition) is 4. The van der Waals surface area contributed by atoms with Crippen LogP contribution in [0.1, 0.15) is 109 Å². The lowest BCUT2D eigenvalue weighted by atomic mass is 9.89. The number of hydrogen-bond acceptors (Lipinski definition) is 11. The lowest BCUT2D eigenvalue weighted by Crippen LogP contribution is -2.32. The van der Waals surface area contributed by atoms with Gasteiger partial charge in [0, 0.05) is 34.6 Å². The zero-order valence-electron chi connectivity index (χ0n) is 35.6. The smallest absolute Gasteiger partial charge is 0.338 e. The van der Waals surface area contributed by atoms with Gasteiger partial charge in [0.15, 0.2) is 5.78 Å². The fourth-order valence-corrected chi connectivity index (χ4v) is 6.61. The number of esters is 2. The SMILES string of the molecule is CCC(C)Nc1ccc(Oc2ccc(NC(=O)c3cc(C(=O)OCCN(CCOC(=O)c4ccc(C(=O)O)c(C(=O)C(CC)CC)c4)c4ccccc4)ccc3C(=O)O)cc2)cc1. The minimum absolute atomic E-state index is 0.0341. The molecule has 5 aromatic rings. The Morgan fingerprint density at radius 1 is 0.587 bits per heavy atom. The van der Waals surface area contributed by atoms with E-state index in [-0.39, 0.29) is 65.5 Å². The largest absolute Gasteiger partial charge is 0.478 e. The van der Waals surface area contributed by atoms with E-state index in [9.17, 15) is 39.0 Å². The van der Waals surface area contributed by atoms with E-state index < -0.39 is 35.7 Å². The lowest BCUT2D eigenvalue weighted by Gasteiger charge is -2.24. The van der Waals surface area contributed by atoms with Crippen LogP contribution < -0.4 is 20.3 Å². The summed E-state index contributed by atoms with van der Waals surface area (Å²) in [7, 11) is 0. The summed E-state index contributed by atoms with van der Waals surface area (Å²) < 4.78 is 17.0. The summed E-state index contributed by atoms with van der Waals surface area (Å²) in [5.74, 6) is -4.53. The van der Waals surface area contributed by atoms with Crippen LogP contribution in [0.3, 0.4) is 0 Å². The molecule has 14 nitrogen and oxygen atoms in total. The van der Waals surface area contributed by atoms with E-state index in [1.807, 2.05) is 73.3 Å². The van der Waals surface area contributed by atoms with Gasteiger partial charge in [-0.05, 0) is 123 Å². The molecule has 328 valence electrons. The number of aromatic carboxylic acids is 2. The van der Waals surface area contributed by atoms with Gasteiger partial charge >= 0.3 is 23.9 Å². The summed E-state index contributed by atoms with van der Waals surface area (Å²) in [6.07, 6.45) is 2.02. The van der Waals surface area contributed by atoms with Crippen LogP contribution >= 0.6 is 0 Å². The van der Waals surface area contributed by atoms with Gasteiger partial charge in [0.05, 0.1) is 40.9 Å². The molecule has 0 aliphatic rings. The Labute approximate surface area is 365 Å². The molecule has 0 aliphatic carbocycles. The van der Waals surface area contributed by atoms with E-state index >= 15 is 0 Å². The zero-order valence-corrected chi connectivity index (χ0v) is 35.6. The standard InChI is InChI=1S/C49H51N3O11/c1-5-31(4)50-35-15-19-38(20-16-35)63-39-21-17-36(18-22-39)51-45(54)43-30-34(14-24-41(43)47(57)58)49(60)62-28-26-52(37-11-9-8-10-12-37)25-27-61-48(59)33-13-23-40(46(55)56)42(29-33)44(53)32(6-2)7-3/h8-24,29-32,50H,5-7,25-28H2,1-4H3,(H,51,54)(H,55,56)(H,57,58). The number of ether oxygens (including phenoxy) is 3. The van der Waals surface area contributed by atoms with Crippen molar-refractivity contribution < 1.29 is 53.2 Å². The number of para-hydroxylation sites is 1. The van der Waals surface area contributed by atoms with Gasteiger partial charge < -0.3 is 40.0 Å². The monoisotopic (exact) mass is 857 g/mol. The van der Waals surface area contributed by atoms with Crippen molar-refractivity contribution in [3.8, 4) is 11.5 Å². The average Bonchev–Trinajstić information content (AvgIpc) is 3.29. The maximum absolute atomic E-state index is 13.4. The van der Waals surface area contributed by atoms with Gasteiger partial charge in [-0.15, -0.1) is 0 Å². The minimum Gasteiger partial charge on any atom is -0.478 e. The Morgan fingerprint density at radius 2 is 1.08 bits per heavy atom. The van der Waals surface area contributed by atoms with Gasteiger partial charge in [-0.25, -0.2) is 19.2 Å². The Hall–Kier alpha value is -7.48. The van der Waals surface area contributed by atoms with Crippen molar-refractivity contribution in [2.45, 2.75) is 53.0 Å². The number of carbonyl (C=O) groups is 6. The number of benzene rings is 5. The van der Waals surface area contributed by atoms with E-state index in [0.717, 1.165) is 17.8 Å². The highest BCUT2D eigenvalue weighted by atomic mass is 16.5. The molecule has 0 aromatic heterocycles. The number of carboxylic acid groups (broad SMARTS) is 2. The third kappa shape index (κ3) is 12.8. The third-order valence-corrected chi connectivity index (χ3v) is 10.4. The number of anilines is 3. The molecule has 5 rings (SSSR count). The second-order valence-electron chi connectivity index (χ2n) is 14.7. The van der Waals surface area contributed by atoms with E-state index in [0.29, 0.717) is 36.1 Å². The molecular formula is C49H51N3O11. The molecule has 0 spiro atoms. The van der Waals surface area contributed by atoms with Crippen LogP contribution in [-0.2, 0) is 9.47 Å². The van der Waals surface area contributed by atoms with E-state index in [2.05, 4.69) is 24.5 Å². The van der Waals surface area contributed by atoms with Crippen molar-refractivity contribution in [1.29, 1.82) is 0 Å². The Kier molecular flexibility index (Phi) is 16.6. The lowest BCUT2D eigenvalue weighted by molar-refractivity contribution is 0.0501. The molecular weight excluding hydrogens is 807 g/mol. The van der Waals surface area contributed by atoms with Crippen LogP contribution in [0.4, 0.5) is 17.1 Å². The predicted octanol–water partition coefficient (Wildman–Crippen LogP) is 9.48. The van der Waals surface area contributed by atoms with Crippen molar-refractivity contribution in [1.82, 2.24) is 0 Å². The van der Waals surface area contributed by atoms with Crippen molar-refractivity contribution >= 4 is 52.6 Å². The molecule has 1 unspecified atom stereocenters. The number of nitrogens with zero attached hydrogens (tertiary/aromatic N) is 1. The minimum atomic E-state index is -1.36. The number of carboxylic acids is 2. The van der Waals surface area contributed by atoms with E-state index in [4.69, 9.17) is 14.2 Å². The molecule has 0 fully saturated rings. The maximum Gasteiger partial charge on any atom is 0.338 e. The van der Waals surface area contributed by atoms with Crippen LogP contribution in [0.15, 0.2) is 115 Å². The summed E-state index contributed by atoms with van der Waals surface area (Å²) in [5.41, 5.74) is 1.27. The first-order valence-corrected chi connectivity index (χ1v) is 20.7. The van der Waals surface area contributed by atoms with E-state index in [1.54, 1.807) is 24.3 Å². The molecule has 0 saturated carbocycles. The molecule has 0 radical (unpaired) electrons. The first-order valence-electron chi connectivity index (χ1n) is 20.7. The topological polar surface area (TPSA) is 198 Å². The number of amides is 1. The summed E-state index contributed by atoms with van der Waals surface area (Å²) in [5, 5.41) is 25.6. The van der Waals surface area contributed by atoms with Crippen LogP contribution in [-0.4, -0.2) is 78.1 Å². The first-order chi connectivity index (χ1) is 30.3. The van der Waals surface area contributed by atoms with Gasteiger partial charge in [-0.3, -0.25) is 9.59 Å². The molecule has 0 bridgehead atoms. The molecule has 14 heteroatoms. The highest BCUT2D eigenvalue weighted by Crippen LogP contribution is 2.26. The summed E-state index contributed by atoms with van der Waals surface area (Å²) in [6.45, 7) is 7.99. The Bertz CT molecular complexity index is 2400. The second kappa shape index (κ2) is 22.4. The average molecular weight is 858 g/mol. The van der Waals surface area contributed by atoms with Crippen LogP contribution in [0.5, 0.6) is 11.5 Å². The highest BCUT2D eigenvalue weighted by Gasteiger charge is 2.25. The zero-order chi connectivity index (χ0) is 45.5. The van der Waals surface area contributed by atoms with Crippen molar-refractivity contribution in [3.05, 3.63) is 149 Å². The maximum atomic E-state index is 13.4. The van der Waals surface area contributed by atoms with Gasteiger partial charge in [-0.2, -0.15) is 0 Å². The second-order valence-corrected chi connectivity index (χ2v) is 14.7. The number of Topliss-reactive ketones (excluding diaryl/α,β-unsaturated/α-hetero) is 1.